The zero-order valence-corrected chi connectivity index (χ0v) is 45.0. The molecule has 12 aromatic rings. The minimum absolute atomic E-state index is 0. The summed E-state index contributed by atoms with van der Waals surface area (Å²) < 4.78 is 48.2. The van der Waals surface area contributed by atoms with Gasteiger partial charge in [-0.05, 0) is 120 Å². The van der Waals surface area contributed by atoms with Crippen LogP contribution in [0.25, 0.3) is 98.3 Å². The molecule has 3 heterocycles. The molecule has 0 atom stereocenters. The molecule has 1 radical (unpaired) electrons. The third-order valence-electron chi connectivity index (χ3n) is 13.6. The first kappa shape index (κ1) is 42.7. The number of rotatable bonds is 9. The van der Waals surface area contributed by atoms with Crippen LogP contribution in [-0.4, -0.2) is 19.1 Å². The van der Waals surface area contributed by atoms with Crippen LogP contribution in [0.2, 0.25) is 0 Å². The molecule has 12 rings (SSSR count). The Hall–Kier alpha value is -6.95. The molecule has 0 aliphatic rings. The Morgan fingerprint density at radius 2 is 1.04 bits per heavy atom. The van der Waals surface area contributed by atoms with Gasteiger partial charge in [-0.15, -0.1) is 54.1 Å². The minimum Gasteiger partial charge on any atom is -0.333 e. The van der Waals surface area contributed by atoms with Crippen LogP contribution in [0, 0.1) is 12.1 Å². The Labute approximate surface area is 448 Å². The van der Waals surface area contributed by atoms with Gasteiger partial charge >= 0.3 is 0 Å². The Morgan fingerprint density at radius 3 is 1.61 bits per heavy atom. The van der Waals surface area contributed by atoms with E-state index in [4.69, 9.17) is 16.8 Å². The van der Waals surface area contributed by atoms with Crippen molar-refractivity contribution in [3.05, 3.63) is 216 Å². The molecule has 3 aromatic heterocycles. The van der Waals surface area contributed by atoms with Gasteiger partial charge in [-0.3, -0.25) is 9.97 Å². The number of fused-ring (bicyclic) bond motifs is 6. The van der Waals surface area contributed by atoms with E-state index in [1.54, 1.807) is 11.3 Å². The summed E-state index contributed by atoms with van der Waals surface area (Å²) in [7, 11) is 0. The average molecular weight is 1140 g/mol. The minimum atomic E-state index is -0.388. The second-order valence-corrected chi connectivity index (χ2v) is 20.6. The van der Waals surface area contributed by atoms with E-state index in [0.717, 1.165) is 75.8 Å². The fourth-order valence-electron chi connectivity index (χ4n) is 10.1. The Bertz CT molecular complexity index is 4130. The van der Waals surface area contributed by atoms with Crippen LogP contribution in [0.4, 0.5) is 0 Å². The smallest absolute Gasteiger partial charge is 0.0774 e. The van der Waals surface area contributed by atoms with E-state index in [9.17, 15) is 0 Å². The molecular formula is C66H58IrN4S-2. The van der Waals surface area contributed by atoms with E-state index in [-0.39, 0.29) is 55.9 Å². The maximum atomic E-state index is 8.50. The van der Waals surface area contributed by atoms with E-state index in [0.29, 0.717) is 29.2 Å². The largest absolute Gasteiger partial charge is 0.333 e. The van der Waals surface area contributed by atoms with Crippen molar-refractivity contribution in [2.24, 2.45) is 0 Å². The summed E-state index contributed by atoms with van der Waals surface area (Å²) in [6, 6.07) is 57.8. The van der Waals surface area contributed by atoms with Crippen molar-refractivity contribution in [2.45, 2.75) is 79.1 Å². The number of aromatic nitrogens is 4. The number of para-hydroxylation sites is 6. The molecule has 0 bridgehead atoms. The average Bonchev–Trinajstić information content (AvgIpc) is 4.13. The number of benzene rings is 9. The topological polar surface area (TPSA) is 35.6 Å². The molecule has 9 aromatic carbocycles. The van der Waals surface area contributed by atoms with Gasteiger partial charge in [0.25, 0.3) is 0 Å². The number of imidazole rings is 2. The van der Waals surface area contributed by atoms with Crippen LogP contribution in [-0.2, 0) is 20.1 Å². The van der Waals surface area contributed by atoms with Crippen molar-refractivity contribution >= 4 is 64.3 Å². The summed E-state index contributed by atoms with van der Waals surface area (Å²) in [5.41, 5.74) is 14.6. The first-order valence-electron chi connectivity index (χ1n) is 27.2. The van der Waals surface area contributed by atoms with Gasteiger partial charge in [-0.25, -0.2) is 0 Å². The first-order valence-corrected chi connectivity index (χ1v) is 25.5. The van der Waals surface area contributed by atoms with Crippen LogP contribution in [0.15, 0.2) is 182 Å². The van der Waals surface area contributed by atoms with Gasteiger partial charge < -0.3 is 9.13 Å². The summed E-state index contributed by atoms with van der Waals surface area (Å²) in [5.74, 6) is 3.28. The first-order chi connectivity index (χ1) is 36.6. The van der Waals surface area contributed by atoms with Crippen molar-refractivity contribution in [3.8, 4) is 45.3 Å². The molecule has 359 valence electrons. The van der Waals surface area contributed by atoms with Gasteiger partial charge in [0.1, 0.15) is 0 Å². The molecule has 0 unspecified atom stereocenters. The predicted molar refractivity (Wildman–Crippen MR) is 303 cm³/mol. The number of hydrogen-bond donors (Lipinski definition) is 0. The zero-order chi connectivity index (χ0) is 53.3. The van der Waals surface area contributed by atoms with E-state index >= 15 is 0 Å². The normalized spacial score (nSPS) is 12.7. The van der Waals surface area contributed by atoms with Crippen LogP contribution < -0.4 is 0 Å². The molecule has 6 heteroatoms. The van der Waals surface area contributed by atoms with Crippen molar-refractivity contribution in [3.63, 3.8) is 0 Å². The van der Waals surface area contributed by atoms with Crippen LogP contribution >= 0.6 is 11.3 Å². The zero-order valence-electron chi connectivity index (χ0n) is 46.8. The Kier molecular flexibility index (Phi) is 12.0. The third-order valence-corrected chi connectivity index (χ3v) is 14.8. The van der Waals surface area contributed by atoms with Gasteiger partial charge in [0.2, 0.25) is 0 Å². The van der Waals surface area contributed by atoms with Gasteiger partial charge in [0.15, 0.2) is 0 Å². The molecule has 0 spiro atoms. The number of nitrogens with zero attached hydrogens (tertiary/aromatic N) is 4. The monoisotopic (exact) mass is 1140 g/mol. The van der Waals surface area contributed by atoms with Crippen molar-refractivity contribution in [1.29, 1.82) is 0 Å². The fraction of sp³-hybridized carbons (Fsp3) is 0.182. The van der Waals surface area contributed by atoms with Gasteiger partial charge in [-0.2, -0.15) is 11.3 Å². The maximum absolute atomic E-state index is 8.50. The summed E-state index contributed by atoms with van der Waals surface area (Å²) in [4.78, 5) is 10.3. The fourth-order valence-corrected chi connectivity index (χ4v) is 11.4. The van der Waals surface area contributed by atoms with Gasteiger partial charge in [0.05, 0.1) is 40.6 Å². The Morgan fingerprint density at radius 1 is 0.486 bits per heavy atom. The summed E-state index contributed by atoms with van der Waals surface area (Å²) in [6.07, 6.45) is 0. The van der Waals surface area contributed by atoms with E-state index in [2.05, 4.69) is 180 Å². The molecule has 0 amide bonds. The van der Waals surface area contributed by atoms with Crippen molar-refractivity contribution < 1.29 is 27.0 Å². The van der Waals surface area contributed by atoms with Crippen LogP contribution in [0.1, 0.15) is 108 Å². The third kappa shape index (κ3) is 8.80. The van der Waals surface area contributed by atoms with E-state index in [1.807, 2.05) is 48.5 Å². The molecule has 0 saturated carbocycles. The number of hydrogen-bond acceptors (Lipinski definition) is 3. The van der Waals surface area contributed by atoms with Crippen LogP contribution in [0.3, 0.4) is 0 Å². The molecule has 0 saturated heterocycles. The quantitative estimate of drug-likeness (QED) is 0.135. The van der Waals surface area contributed by atoms with E-state index in [1.165, 1.54) is 33.6 Å². The molecule has 0 N–H and O–H groups in total. The SMILES string of the molecule is CC(C)c1cccc(C(C)C)c1-n1c(-c2[c-]cccc2)nc2ccccc21.[2H]c1c([2H])c([2H])c(-c2ccc3cc4c(cc3c2)sc2c(-c3nc5ccccc5n3-c3c(C(C)C)cccc3C(C)C)[c-]ccc24)c([2H])c1[2H].[Ir]. The van der Waals surface area contributed by atoms with E-state index < -0.39 is 0 Å². The van der Waals surface area contributed by atoms with Gasteiger partial charge in [0, 0.05) is 36.2 Å². The molecule has 72 heavy (non-hydrogen) atoms. The van der Waals surface area contributed by atoms with Crippen molar-refractivity contribution in [2.75, 3.05) is 0 Å². The second kappa shape index (κ2) is 20.3. The summed E-state index contributed by atoms with van der Waals surface area (Å²) in [5, 5.41) is 4.21. The standard InChI is InChI=1S/C41H33N2S.C25H25N2.Ir/c1-25(2)31-14-10-15-32(26(3)4)39(31)43-37-19-9-8-18-36(37)42-41(43)34-17-11-16-33-35-23-29-21-20-28(27-12-6-5-7-13-27)22-30(29)24-38(35)44-40(33)34;1-17(2)20-13-10-14-21(18(3)4)24(20)27-23-16-9-8-15-22(23)26-25(27)19-11-6-5-7-12-19;/h5-16,18-26H,1-4H3;5-11,13-18H,1-4H3;/q2*-1;/i5D,6D,7D,12D,13D;;. The Balaban J connectivity index is 0.000000203. The molecule has 0 aliphatic carbocycles. The summed E-state index contributed by atoms with van der Waals surface area (Å²) in [6.45, 7) is 18.0. The molecule has 0 aliphatic heterocycles. The summed E-state index contributed by atoms with van der Waals surface area (Å²) >= 11 is 1.70. The molecule has 0 fully saturated rings. The van der Waals surface area contributed by atoms with Gasteiger partial charge in [-0.1, -0.05) is 169 Å². The van der Waals surface area contributed by atoms with Crippen LogP contribution in [0.5, 0.6) is 0 Å². The number of thiophene rings is 1. The second-order valence-electron chi connectivity index (χ2n) is 19.6. The molecular weight excluding hydrogens is 1070 g/mol. The predicted octanol–water partition coefficient (Wildman–Crippen LogP) is 18.7. The molecule has 4 nitrogen and oxygen atoms in total. The maximum Gasteiger partial charge on any atom is 0.0774 e. The van der Waals surface area contributed by atoms with Crippen molar-refractivity contribution in [1.82, 2.24) is 19.1 Å².